The van der Waals surface area contributed by atoms with E-state index in [1.54, 1.807) is 17.7 Å². The van der Waals surface area contributed by atoms with Crippen molar-refractivity contribution >= 4 is 32.8 Å². The van der Waals surface area contributed by atoms with Crippen molar-refractivity contribution in [3.05, 3.63) is 100 Å². The number of fused-ring (bicyclic) bond motifs is 3. The molecule has 6 nitrogen and oxygen atoms in total. The highest BCUT2D eigenvalue weighted by Crippen LogP contribution is 2.30. The van der Waals surface area contributed by atoms with Gasteiger partial charge in [0.05, 0.1) is 22.4 Å². The molecule has 1 amide bonds. The topological polar surface area (TPSA) is 69.0 Å². The lowest BCUT2D eigenvalue weighted by molar-refractivity contribution is 0.0938. The number of hydrogen-bond acceptors (Lipinski definition) is 5. The summed E-state index contributed by atoms with van der Waals surface area (Å²) < 4.78 is 13.3. The summed E-state index contributed by atoms with van der Waals surface area (Å²) in [5.74, 6) is 1.20. The maximum Gasteiger partial charge on any atom is 0.263 e. The number of ether oxygens (including phenoxy) is 2. The molecule has 0 saturated carbocycles. The Balaban J connectivity index is 1.53. The summed E-state index contributed by atoms with van der Waals surface area (Å²) in [6.07, 6.45) is 1.63. The Morgan fingerprint density at radius 3 is 2.50 bits per heavy atom. The molecule has 0 fully saturated rings. The number of hydrogen-bond donors (Lipinski definition) is 1. The zero-order valence-electron chi connectivity index (χ0n) is 18.5. The predicted octanol–water partition coefficient (Wildman–Crippen LogP) is 5.35. The van der Waals surface area contributed by atoms with E-state index >= 15 is 0 Å². The molecule has 0 atom stereocenters. The van der Waals surface area contributed by atoms with Gasteiger partial charge < -0.3 is 14.8 Å². The van der Waals surface area contributed by atoms with E-state index in [-0.39, 0.29) is 11.5 Å². The van der Waals surface area contributed by atoms with E-state index in [9.17, 15) is 9.59 Å². The van der Waals surface area contributed by atoms with Gasteiger partial charge in [-0.15, -0.1) is 11.3 Å². The zero-order chi connectivity index (χ0) is 23.5. The van der Waals surface area contributed by atoms with Crippen LogP contribution in [0.4, 0.5) is 0 Å². The molecule has 1 N–H and O–H groups in total. The van der Waals surface area contributed by atoms with E-state index in [4.69, 9.17) is 9.47 Å². The first-order valence-corrected chi connectivity index (χ1v) is 11.7. The minimum atomic E-state index is -0.234. The molecule has 0 unspecified atom stereocenters. The van der Waals surface area contributed by atoms with Crippen molar-refractivity contribution in [2.45, 2.75) is 0 Å². The van der Waals surface area contributed by atoms with Gasteiger partial charge in [0.2, 0.25) is 0 Å². The summed E-state index contributed by atoms with van der Waals surface area (Å²) >= 11 is 1.51. The second-order valence-electron chi connectivity index (χ2n) is 7.70. The highest BCUT2D eigenvalue weighted by molar-refractivity contribution is 7.18. The molecule has 5 rings (SSSR count). The Labute approximate surface area is 200 Å². The molecule has 3 aromatic heterocycles. The summed E-state index contributed by atoms with van der Waals surface area (Å²) in [7, 11) is 1.58. The van der Waals surface area contributed by atoms with Gasteiger partial charge in [-0.1, -0.05) is 30.3 Å². The number of nitrogens with one attached hydrogen (secondary N) is 1. The van der Waals surface area contributed by atoms with Crippen LogP contribution in [0.5, 0.6) is 11.5 Å². The van der Waals surface area contributed by atoms with Gasteiger partial charge >= 0.3 is 0 Å². The fourth-order valence-electron chi connectivity index (χ4n) is 3.87. The Hall–Kier alpha value is -3.94. The number of aromatic nitrogens is 1. The lowest BCUT2D eigenvalue weighted by atomic mass is 10.1. The number of pyridine rings is 2. The number of benzene rings is 2. The summed E-state index contributed by atoms with van der Waals surface area (Å²) in [6.45, 7) is 0.811. The van der Waals surface area contributed by atoms with E-state index in [0.717, 1.165) is 26.9 Å². The largest absolute Gasteiger partial charge is 0.457 e. The number of methoxy groups -OCH3 is 1. The summed E-state index contributed by atoms with van der Waals surface area (Å²) in [6, 6.07) is 22.6. The van der Waals surface area contributed by atoms with Crippen molar-refractivity contribution < 1.29 is 14.3 Å². The van der Waals surface area contributed by atoms with Crippen molar-refractivity contribution in [2.24, 2.45) is 0 Å². The van der Waals surface area contributed by atoms with Crippen LogP contribution in [0.2, 0.25) is 0 Å². The van der Waals surface area contributed by atoms with E-state index in [2.05, 4.69) is 5.32 Å². The highest BCUT2D eigenvalue weighted by Gasteiger charge is 2.16. The lowest BCUT2D eigenvalue weighted by Gasteiger charge is -2.11. The van der Waals surface area contributed by atoms with E-state index in [0.29, 0.717) is 30.0 Å². The number of para-hydroxylation sites is 1. The molecule has 5 aromatic rings. The molecule has 7 heteroatoms. The maximum absolute atomic E-state index is 13.5. The van der Waals surface area contributed by atoms with Crippen LogP contribution in [0.15, 0.2) is 89.2 Å². The molecule has 0 bridgehead atoms. The van der Waals surface area contributed by atoms with Gasteiger partial charge in [-0.2, -0.15) is 0 Å². The van der Waals surface area contributed by atoms with Crippen LogP contribution in [0.25, 0.3) is 26.7 Å². The molecular weight excluding hydrogens is 448 g/mol. The SMILES string of the molecule is COCCNC(=O)c1cn2c(=O)c(-c3ccc(Oc4ccccc4)cc3)ccc2c2sccc12. The highest BCUT2D eigenvalue weighted by atomic mass is 32.1. The average Bonchev–Trinajstić information content (AvgIpc) is 3.36. The van der Waals surface area contributed by atoms with Crippen molar-refractivity contribution in [2.75, 3.05) is 20.3 Å². The van der Waals surface area contributed by atoms with E-state index in [1.807, 2.05) is 78.2 Å². The van der Waals surface area contributed by atoms with Gasteiger partial charge in [-0.25, -0.2) is 0 Å². The first-order chi connectivity index (χ1) is 16.7. The lowest BCUT2D eigenvalue weighted by Crippen LogP contribution is -2.28. The average molecular weight is 471 g/mol. The minimum Gasteiger partial charge on any atom is -0.457 e. The zero-order valence-corrected chi connectivity index (χ0v) is 19.3. The number of rotatable bonds is 7. The number of carbonyl (C=O) groups is 1. The smallest absolute Gasteiger partial charge is 0.263 e. The van der Waals surface area contributed by atoms with Gasteiger partial charge in [-0.3, -0.25) is 14.0 Å². The summed E-state index contributed by atoms with van der Waals surface area (Å²) in [5, 5.41) is 5.61. The van der Waals surface area contributed by atoms with Gasteiger partial charge in [0.1, 0.15) is 11.5 Å². The Morgan fingerprint density at radius 1 is 0.971 bits per heavy atom. The van der Waals surface area contributed by atoms with Crippen LogP contribution in [0.1, 0.15) is 10.4 Å². The van der Waals surface area contributed by atoms with Crippen LogP contribution >= 0.6 is 11.3 Å². The van der Waals surface area contributed by atoms with E-state index < -0.39 is 0 Å². The predicted molar refractivity (Wildman–Crippen MR) is 135 cm³/mol. The van der Waals surface area contributed by atoms with Crippen molar-refractivity contribution in [1.29, 1.82) is 0 Å². The minimum absolute atomic E-state index is 0.185. The van der Waals surface area contributed by atoms with Crippen LogP contribution in [-0.4, -0.2) is 30.6 Å². The number of amides is 1. The Morgan fingerprint density at radius 2 is 1.74 bits per heavy atom. The first-order valence-electron chi connectivity index (χ1n) is 10.8. The molecule has 34 heavy (non-hydrogen) atoms. The third-order valence-electron chi connectivity index (χ3n) is 5.54. The fraction of sp³-hybridized carbons (Fsp3) is 0.111. The van der Waals surface area contributed by atoms with Crippen LogP contribution < -0.4 is 15.6 Å². The third kappa shape index (κ3) is 4.19. The van der Waals surface area contributed by atoms with Crippen molar-refractivity contribution in [3.63, 3.8) is 0 Å². The Bertz CT molecular complexity index is 1520. The second-order valence-corrected chi connectivity index (χ2v) is 8.62. The molecule has 170 valence electrons. The van der Waals surface area contributed by atoms with Gasteiger partial charge in [0.25, 0.3) is 11.5 Å². The first kappa shape index (κ1) is 21.9. The van der Waals surface area contributed by atoms with Crippen LogP contribution in [0.3, 0.4) is 0 Å². The maximum atomic E-state index is 13.5. The monoisotopic (exact) mass is 470 g/mol. The van der Waals surface area contributed by atoms with Gasteiger partial charge in [0, 0.05) is 30.8 Å². The summed E-state index contributed by atoms with van der Waals surface area (Å²) in [5.41, 5.74) is 2.37. The van der Waals surface area contributed by atoms with Crippen LogP contribution in [-0.2, 0) is 4.74 Å². The molecule has 0 saturated heterocycles. The fourth-order valence-corrected chi connectivity index (χ4v) is 4.81. The molecular formula is C27H22N2O4S. The van der Waals surface area contributed by atoms with E-state index in [1.165, 1.54) is 11.3 Å². The molecule has 3 heterocycles. The van der Waals surface area contributed by atoms with Gasteiger partial charge in [0.15, 0.2) is 0 Å². The van der Waals surface area contributed by atoms with Crippen molar-refractivity contribution in [3.8, 4) is 22.6 Å². The number of nitrogens with zero attached hydrogens (tertiary/aromatic N) is 1. The Kier molecular flexibility index (Phi) is 6.12. The molecule has 0 spiro atoms. The number of thiophene rings is 1. The van der Waals surface area contributed by atoms with Crippen LogP contribution in [0, 0.1) is 0 Å². The summed E-state index contributed by atoms with van der Waals surface area (Å²) in [4.78, 5) is 26.3. The van der Waals surface area contributed by atoms with Gasteiger partial charge in [-0.05, 0) is 53.4 Å². The molecule has 0 radical (unpaired) electrons. The third-order valence-corrected chi connectivity index (χ3v) is 6.48. The number of carbonyl (C=O) groups excluding carboxylic acids is 1. The standard InChI is InChI=1S/C27H22N2O4S/c1-32-15-14-28-26(30)23-17-29-24(25-22(23)13-16-34-25)12-11-21(27(29)31)18-7-9-20(10-8-18)33-19-5-3-2-4-6-19/h2-13,16-17H,14-15H2,1H3,(H,28,30). The normalized spacial score (nSPS) is 11.1. The molecule has 0 aliphatic rings. The second kappa shape index (κ2) is 9.51. The van der Waals surface area contributed by atoms with Crippen molar-refractivity contribution in [1.82, 2.24) is 9.72 Å². The quantitative estimate of drug-likeness (QED) is 0.326. The molecule has 2 aromatic carbocycles. The molecule has 0 aliphatic heterocycles. The molecule has 0 aliphatic carbocycles.